The second kappa shape index (κ2) is 11.3. The van der Waals surface area contributed by atoms with Crippen molar-refractivity contribution in [2.45, 2.75) is 17.7 Å². The summed E-state index contributed by atoms with van der Waals surface area (Å²) < 4.78 is 0. The van der Waals surface area contributed by atoms with Crippen molar-refractivity contribution < 1.29 is 9.59 Å². The zero-order valence-electron chi connectivity index (χ0n) is 18.5. The maximum Gasteiger partial charge on any atom is 0.255 e. The Morgan fingerprint density at radius 1 is 0.812 bits per heavy atom. The maximum absolute atomic E-state index is 13.2. The molecule has 0 saturated carbocycles. The van der Waals surface area contributed by atoms with Crippen molar-refractivity contribution in [2.24, 2.45) is 0 Å². The van der Waals surface area contributed by atoms with Crippen LogP contribution in [0.1, 0.15) is 28.8 Å². The van der Waals surface area contributed by atoms with Crippen molar-refractivity contribution in [3.05, 3.63) is 71.8 Å². The van der Waals surface area contributed by atoms with Gasteiger partial charge in [-0.1, -0.05) is 54.6 Å². The van der Waals surface area contributed by atoms with Crippen LogP contribution >= 0.6 is 11.8 Å². The van der Waals surface area contributed by atoms with Crippen LogP contribution in [0.25, 0.3) is 6.08 Å². The van der Waals surface area contributed by atoms with E-state index >= 15 is 0 Å². The lowest BCUT2D eigenvalue weighted by molar-refractivity contribution is -0.127. The lowest BCUT2D eigenvalue weighted by Gasteiger charge is -2.34. The second-order valence-electron chi connectivity index (χ2n) is 8.28. The van der Waals surface area contributed by atoms with Crippen molar-refractivity contribution in [3.63, 3.8) is 0 Å². The fraction of sp³-hybridized carbons (Fsp3) is 0.385. The summed E-state index contributed by atoms with van der Waals surface area (Å²) in [6, 6.07) is 18.0. The van der Waals surface area contributed by atoms with E-state index in [0.29, 0.717) is 11.3 Å². The Hall–Kier alpha value is -2.57. The molecular weight excluding hydrogens is 418 g/mol. The van der Waals surface area contributed by atoms with E-state index in [4.69, 9.17) is 0 Å². The molecule has 5 nitrogen and oxygen atoms in total. The summed E-state index contributed by atoms with van der Waals surface area (Å²) in [5.41, 5.74) is 1.92. The molecule has 2 aromatic carbocycles. The molecule has 2 aromatic rings. The van der Waals surface area contributed by atoms with Crippen molar-refractivity contribution in [1.82, 2.24) is 14.7 Å². The zero-order valence-corrected chi connectivity index (χ0v) is 19.3. The number of carbonyl (C=O) groups is 2. The van der Waals surface area contributed by atoms with Gasteiger partial charge in [0.25, 0.3) is 5.91 Å². The quantitative estimate of drug-likeness (QED) is 0.602. The summed E-state index contributed by atoms with van der Waals surface area (Å²) in [6.45, 7) is 5.81. The van der Waals surface area contributed by atoms with Gasteiger partial charge in [-0.15, -0.1) is 11.8 Å². The van der Waals surface area contributed by atoms with Crippen LogP contribution in [0.3, 0.4) is 0 Å². The molecule has 0 radical (unpaired) electrons. The highest BCUT2D eigenvalue weighted by molar-refractivity contribution is 8.00. The summed E-state index contributed by atoms with van der Waals surface area (Å²) in [6.07, 6.45) is 6.53. The highest BCUT2D eigenvalue weighted by Gasteiger charge is 2.24. The lowest BCUT2D eigenvalue weighted by atomic mass is 10.1. The van der Waals surface area contributed by atoms with Gasteiger partial charge in [0.1, 0.15) is 0 Å². The third-order valence-electron chi connectivity index (χ3n) is 6.06. The Balaban J connectivity index is 1.28. The summed E-state index contributed by atoms with van der Waals surface area (Å²) in [4.78, 5) is 32.8. The largest absolute Gasteiger partial charge is 0.342 e. The number of thioether (sulfide) groups is 1. The number of carbonyl (C=O) groups excluding carboxylic acids is 2. The predicted molar refractivity (Wildman–Crippen MR) is 131 cm³/mol. The molecular formula is C26H31N3O2S. The molecule has 2 aliphatic heterocycles. The van der Waals surface area contributed by atoms with Crippen LogP contribution in [0.4, 0.5) is 0 Å². The van der Waals surface area contributed by atoms with Gasteiger partial charge < -0.3 is 9.80 Å². The topological polar surface area (TPSA) is 43.9 Å². The van der Waals surface area contributed by atoms with Gasteiger partial charge in [0.2, 0.25) is 5.91 Å². The van der Waals surface area contributed by atoms with Crippen LogP contribution in [0.5, 0.6) is 0 Å². The minimum atomic E-state index is 0.0706. The molecule has 2 aliphatic rings. The number of piperazine rings is 1. The van der Waals surface area contributed by atoms with Crippen LogP contribution < -0.4 is 0 Å². The number of nitrogens with zero attached hydrogens (tertiary/aromatic N) is 3. The molecule has 0 unspecified atom stereocenters. The Morgan fingerprint density at radius 3 is 2.25 bits per heavy atom. The molecule has 0 bridgehead atoms. The number of hydrogen-bond donors (Lipinski definition) is 0. The molecule has 4 rings (SSSR count). The molecule has 168 valence electrons. The molecule has 0 N–H and O–H groups in total. The second-order valence-corrected chi connectivity index (χ2v) is 9.30. The SMILES string of the molecule is O=C(CSc1ccccc1C(=O)N1CCN(C/C=C/c2ccccc2)CC1)N1CCCC1. The van der Waals surface area contributed by atoms with Gasteiger partial charge in [0.05, 0.1) is 11.3 Å². The standard InChI is InChI=1S/C26H31N3O2S/c30-25(28-15-6-7-16-28)21-32-24-13-5-4-12-23(24)26(31)29-19-17-27(18-20-29)14-8-11-22-9-2-1-3-10-22/h1-5,8-13H,6-7,14-21H2/b11-8+. The summed E-state index contributed by atoms with van der Waals surface area (Å²) in [5, 5.41) is 0. The van der Waals surface area contributed by atoms with E-state index in [9.17, 15) is 9.59 Å². The first-order valence-electron chi connectivity index (χ1n) is 11.4. The smallest absolute Gasteiger partial charge is 0.255 e. The third-order valence-corrected chi connectivity index (χ3v) is 7.12. The Kier molecular flexibility index (Phi) is 8.02. The van der Waals surface area contributed by atoms with Crippen LogP contribution in [-0.2, 0) is 4.79 Å². The van der Waals surface area contributed by atoms with Crippen molar-refractivity contribution in [3.8, 4) is 0 Å². The number of benzene rings is 2. The lowest BCUT2D eigenvalue weighted by Crippen LogP contribution is -2.48. The molecule has 0 aliphatic carbocycles. The number of likely N-dealkylation sites (tertiary alicyclic amines) is 1. The van der Waals surface area contributed by atoms with Gasteiger partial charge in [-0.3, -0.25) is 14.5 Å². The Bertz CT molecular complexity index is 933. The van der Waals surface area contributed by atoms with Crippen LogP contribution in [-0.4, -0.2) is 78.1 Å². The van der Waals surface area contributed by atoms with Crippen LogP contribution in [0, 0.1) is 0 Å². The Morgan fingerprint density at radius 2 is 1.50 bits per heavy atom. The fourth-order valence-corrected chi connectivity index (χ4v) is 5.12. The first kappa shape index (κ1) is 22.6. The molecule has 0 aromatic heterocycles. The number of amides is 2. The van der Waals surface area contributed by atoms with E-state index in [1.54, 1.807) is 0 Å². The summed E-state index contributed by atoms with van der Waals surface area (Å²) in [5.74, 6) is 0.638. The first-order valence-corrected chi connectivity index (χ1v) is 12.4. The average molecular weight is 450 g/mol. The van der Waals surface area contributed by atoms with Crippen molar-refractivity contribution in [1.29, 1.82) is 0 Å². The molecule has 32 heavy (non-hydrogen) atoms. The van der Waals surface area contributed by atoms with Crippen LogP contribution in [0.15, 0.2) is 65.6 Å². The third kappa shape index (κ3) is 6.02. The highest BCUT2D eigenvalue weighted by Crippen LogP contribution is 2.25. The van der Waals surface area contributed by atoms with Gasteiger partial charge >= 0.3 is 0 Å². The van der Waals surface area contributed by atoms with Crippen LogP contribution in [0.2, 0.25) is 0 Å². The average Bonchev–Trinajstić information content (AvgIpc) is 3.39. The van der Waals surface area contributed by atoms with Gasteiger partial charge in [0, 0.05) is 50.7 Å². The van der Waals surface area contributed by atoms with E-state index in [0.717, 1.165) is 63.6 Å². The molecule has 0 spiro atoms. The van der Waals surface area contributed by atoms with Gasteiger partial charge in [-0.25, -0.2) is 0 Å². The fourth-order valence-electron chi connectivity index (χ4n) is 4.17. The van der Waals surface area contributed by atoms with E-state index in [1.165, 1.54) is 17.3 Å². The van der Waals surface area contributed by atoms with Crippen molar-refractivity contribution >= 4 is 29.7 Å². The summed E-state index contributed by atoms with van der Waals surface area (Å²) >= 11 is 1.49. The minimum absolute atomic E-state index is 0.0706. The molecule has 2 amide bonds. The monoisotopic (exact) mass is 449 g/mol. The number of hydrogen-bond acceptors (Lipinski definition) is 4. The zero-order chi connectivity index (χ0) is 22.2. The molecule has 2 fully saturated rings. The molecule has 6 heteroatoms. The van der Waals surface area contributed by atoms with Crippen molar-refractivity contribution in [2.75, 3.05) is 51.6 Å². The molecule has 0 atom stereocenters. The molecule has 2 saturated heterocycles. The Labute approximate surface area is 195 Å². The first-order chi connectivity index (χ1) is 15.7. The van der Waals surface area contributed by atoms with E-state index in [1.807, 2.05) is 52.3 Å². The van der Waals surface area contributed by atoms with Gasteiger partial charge in [0.15, 0.2) is 0 Å². The predicted octanol–water partition coefficient (Wildman–Crippen LogP) is 3.87. The number of rotatable bonds is 7. The van der Waals surface area contributed by atoms with E-state index in [-0.39, 0.29) is 11.8 Å². The van der Waals surface area contributed by atoms with E-state index in [2.05, 4.69) is 29.2 Å². The normalized spacial score (nSPS) is 17.2. The van der Waals surface area contributed by atoms with Gasteiger partial charge in [-0.05, 0) is 30.5 Å². The highest BCUT2D eigenvalue weighted by atomic mass is 32.2. The molecule has 2 heterocycles. The van der Waals surface area contributed by atoms with E-state index < -0.39 is 0 Å². The maximum atomic E-state index is 13.2. The van der Waals surface area contributed by atoms with Gasteiger partial charge in [-0.2, -0.15) is 0 Å². The minimum Gasteiger partial charge on any atom is -0.342 e. The summed E-state index contributed by atoms with van der Waals surface area (Å²) in [7, 11) is 0.